The number of hydrogen-bond acceptors (Lipinski definition) is 3. The van der Waals surface area contributed by atoms with Crippen molar-refractivity contribution in [3.8, 4) is 0 Å². The fourth-order valence-electron chi connectivity index (χ4n) is 2.17. The minimum Gasteiger partial charge on any atom is -0.377 e. The SMILES string of the molecule is NCC1(Nc2cccc(Cl)c2)CCCNC1. The molecule has 1 fully saturated rings. The highest BCUT2D eigenvalue weighted by molar-refractivity contribution is 6.30. The third-order valence-electron chi connectivity index (χ3n) is 3.10. The monoisotopic (exact) mass is 239 g/mol. The summed E-state index contributed by atoms with van der Waals surface area (Å²) in [5.74, 6) is 0. The third kappa shape index (κ3) is 2.67. The second-order valence-electron chi connectivity index (χ2n) is 4.40. The number of nitrogens with one attached hydrogen (secondary N) is 2. The van der Waals surface area contributed by atoms with Crippen LogP contribution in [0.4, 0.5) is 5.69 Å². The van der Waals surface area contributed by atoms with Gasteiger partial charge in [-0.05, 0) is 37.6 Å². The number of piperidine rings is 1. The maximum absolute atomic E-state index is 5.96. The summed E-state index contributed by atoms with van der Waals surface area (Å²) in [6, 6.07) is 7.79. The number of halogens is 1. The van der Waals surface area contributed by atoms with Gasteiger partial charge < -0.3 is 16.4 Å². The number of anilines is 1. The first kappa shape index (κ1) is 11.7. The highest BCUT2D eigenvalue weighted by atomic mass is 35.5. The van der Waals surface area contributed by atoms with Gasteiger partial charge in [-0.2, -0.15) is 0 Å². The van der Waals surface area contributed by atoms with E-state index < -0.39 is 0 Å². The van der Waals surface area contributed by atoms with Crippen LogP contribution in [0.25, 0.3) is 0 Å². The van der Waals surface area contributed by atoms with Crippen LogP contribution in [-0.4, -0.2) is 25.2 Å². The summed E-state index contributed by atoms with van der Waals surface area (Å²) in [6.45, 7) is 2.63. The summed E-state index contributed by atoms with van der Waals surface area (Å²) >= 11 is 5.96. The van der Waals surface area contributed by atoms with Crippen molar-refractivity contribution in [3.05, 3.63) is 29.3 Å². The topological polar surface area (TPSA) is 50.1 Å². The predicted molar refractivity (Wildman–Crippen MR) is 69.0 cm³/mol. The number of hydrogen-bond donors (Lipinski definition) is 3. The largest absolute Gasteiger partial charge is 0.377 e. The Labute approximate surface area is 101 Å². The standard InChI is InChI=1S/C12H18ClN3/c13-10-3-1-4-11(7-10)16-12(8-14)5-2-6-15-9-12/h1,3-4,7,15-16H,2,5-6,8-9,14H2. The molecule has 0 radical (unpaired) electrons. The molecule has 1 unspecified atom stereocenters. The molecule has 1 heterocycles. The van der Waals surface area contributed by atoms with Gasteiger partial charge in [-0.3, -0.25) is 0 Å². The van der Waals surface area contributed by atoms with E-state index in [1.807, 2.05) is 24.3 Å². The zero-order valence-electron chi connectivity index (χ0n) is 9.30. The predicted octanol–water partition coefficient (Wildman–Crippen LogP) is 1.83. The molecule has 4 heteroatoms. The Morgan fingerprint density at radius 1 is 1.50 bits per heavy atom. The minimum atomic E-state index is -0.0249. The molecular formula is C12H18ClN3. The van der Waals surface area contributed by atoms with E-state index in [0.717, 1.165) is 36.6 Å². The van der Waals surface area contributed by atoms with Crippen LogP contribution < -0.4 is 16.4 Å². The smallest absolute Gasteiger partial charge is 0.0620 e. The Morgan fingerprint density at radius 2 is 2.38 bits per heavy atom. The van der Waals surface area contributed by atoms with Gasteiger partial charge in [-0.15, -0.1) is 0 Å². The molecule has 16 heavy (non-hydrogen) atoms. The fourth-order valence-corrected chi connectivity index (χ4v) is 2.36. The van der Waals surface area contributed by atoms with Crippen LogP contribution in [0, 0.1) is 0 Å². The summed E-state index contributed by atoms with van der Waals surface area (Å²) < 4.78 is 0. The summed E-state index contributed by atoms with van der Waals surface area (Å²) in [7, 11) is 0. The molecule has 3 nitrogen and oxygen atoms in total. The molecule has 0 bridgehead atoms. The van der Waals surface area contributed by atoms with Crippen molar-refractivity contribution in [3.63, 3.8) is 0 Å². The molecule has 1 aliphatic rings. The van der Waals surface area contributed by atoms with Gasteiger partial charge in [-0.1, -0.05) is 17.7 Å². The molecule has 1 aliphatic heterocycles. The second kappa shape index (κ2) is 5.04. The number of benzene rings is 1. The molecule has 0 amide bonds. The zero-order valence-corrected chi connectivity index (χ0v) is 10.1. The van der Waals surface area contributed by atoms with Gasteiger partial charge >= 0.3 is 0 Å². The van der Waals surface area contributed by atoms with Crippen LogP contribution in [0.1, 0.15) is 12.8 Å². The van der Waals surface area contributed by atoms with E-state index in [-0.39, 0.29) is 5.54 Å². The van der Waals surface area contributed by atoms with Gasteiger partial charge in [0.1, 0.15) is 0 Å². The van der Waals surface area contributed by atoms with Gasteiger partial charge in [0.15, 0.2) is 0 Å². The van der Waals surface area contributed by atoms with Gasteiger partial charge in [-0.25, -0.2) is 0 Å². The lowest BCUT2D eigenvalue weighted by molar-refractivity contribution is 0.350. The lowest BCUT2D eigenvalue weighted by atomic mass is 9.90. The molecule has 2 rings (SSSR count). The van der Waals surface area contributed by atoms with Gasteiger partial charge in [0.25, 0.3) is 0 Å². The van der Waals surface area contributed by atoms with Crippen molar-refractivity contribution in [2.75, 3.05) is 25.0 Å². The molecule has 1 aromatic carbocycles. The molecule has 0 saturated carbocycles. The highest BCUT2D eigenvalue weighted by Crippen LogP contribution is 2.23. The van der Waals surface area contributed by atoms with E-state index in [1.165, 1.54) is 0 Å². The lowest BCUT2D eigenvalue weighted by Gasteiger charge is -2.38. The number of rotatable bonds is 3. The van der Waals surface area contributed by atoms with E-state index >= 15 is 0 Å². The fraction of sp³-hybridized carbons (Fsp3) is 0.500. The maximum atomic E-state index is 5.96. The van der Waals surface area contributed by atoms with E-state index in [2.05, 4.69) is 10.6 Å². The summed E-state index contributed by atoms with van der Waals surface area (Å²) in [6.07, 6.45) is 2.26. The molecule has 1 saturated heterocycles. The molecule has 0 aromatic heterocycles. The first-order valence-electron chi connectivity index (χ1n) is 5.69. The van der Waals surface area contributed by atoms with Gasteiger partial charge in [0.05, 0.1) is 5.54 Å². The Bertz CT molecular complexity index is 348. The Morgan fingerprint density at radius 3 is 3.00 bits per heavy atom. The average Bonchev–Trinajstić information content (AvgIpc) is 2.30. The van der Waals surface area contributed by atoms with Crippen molar-refractivity contribution in [1.29, 1.82) is 0 Å². The van der Waals surface area contributed by atoms with Crippen molar-refractivity contribution in [2.45, 2.75) is 18.4 Å². The normalized spacial score (nSPS) is 25.4. The second-order valence-corrected chi connectivity index (χ2v) is 4.84. The molecule has 4 N–H and O–H groups in total. The summed E-state index contributed by atoms with van der Waals surface area (Å²) in [5.41, 5.74) is 6.91. The van der Waals surface area contributed by atoms with Crippen LogP contribution in [0.3, 0.4) is 0 Å². The third-order valence-corrected chi connectivity index (χ3v) is 3.33. The first-order chi connectivity index (χ1) is 7.74. The first-order valence-corrected chi connectivity index (χ1v) is 6.06. The van der Waals surface area contributed by atoms with Crippen molar-refractivity contribution in [1.82, 2.24) is 5.32 Å². The lowest BCUT2D eigenvalue weighted by Crippen LogP contribution is -2.56. The van der Waals surface area contributed by atoms with Crippen LogP contribution in [0.15, 0.2) is 24.3 Å². The Kier molecular flexibility index (Phi) is 3.69. The van der Waals surface area contributed by atoms with E-state index in [0.29, 0.717) is 6.54 Å². The molecule has 1 atom stereocenters. The van der Waals surface area contributed by atoms with Crippen molar-refractivity contribution < 1.29 is 0 Å². The molecule has 1 aromatic rings. The number of nitrogens with two attached hydrogens (primary N) is 1. The Balaban J connectivity index is 2.11. The zero-order chi connectivity index (χ0) is 11.4. The van der Waals surface area contributed by atoms with Crippen molar-refractivity contribution >= 4 is 17.3 Å². The Hall–Kier alpha value is -0.770. The van der Waals surface area contributed by atoms with Gasteiger partial charge in [0, 0.05) is 23.8 Å². The van der Waals surface area contributed by atoms with Crippen LogP contribution in [0.2, 0.25) is 5.02 Å². The van der Waals surface area contributed by atoms with E-state index in [1.54, 1.807) is 0 Å². The molecule has 0 spiro atoms. The molecule has 88 valence electrons. The van der Waals surface area contributed by atoms with Crippen LogP contribution in [0.5, 0.6) is 0 Å². The quantitative estimate of drug-likeness (QED) is 0.755. The summed E-state index contributed by atoms with van der Waals surface area (Å²) in [4.78, 5) is 0. The summed E-state index contributed by atoms with van der Waals surface area (Å²) in [5, 5.41) is 7.65. The van der Waals surface area contributed by atoms with E-state index in [4.69, 9.17) is 17.3 Å². The van der Waals surface area contributed by atoms with Crippen LogP contribution >= 0.6 is 11.6 Å². The minimum absolute atomic E-state index is 0.0249. The molecule has 0 aliphatic carbocycles. The van der Waals surface area contributed by atoms with Crippen molar-refractivity contribution in [2.24, 2.45) is 5.73 Å². The maximum Gasteiger partial charge on any atom is 0.0620 e. The van der Waals surface area contributed by atoms with Crippen LogP contribution in [-0.2, 0) is 0 Å². The molecular weight excluding hydrogens is 222 g/mol. The average molecular weight is 240 g/mol. The van der Waals surface area contributed by atoms with E-state index in [9.17, 15) is 0 Å². The highest BCUT2D eigenvalue weighted by Gasteiger charge is 2.30. The van der Waals surface area contributed by atoms with Gasteiger partial charge in [0.2, 0.25) is 0 Å².